The Morgan fingerprint density at radius 1 is 1.27 bits per heavy atom. The van der Waals surface area contributed by atoms with Crippen LogP contribution in [0.4, 0.5) is 0 Å². The SMILES string of the molecule is CC1(C)CCC(N)C(O)CC1. The second-order valence-electron chi connectivity index (χ2n) is 4.47. The first-order chi connectivity index (χ1) is 5.01. The smallest absolute Gasteiger partial charge is 0.0691 e. The quantitative estimate of drug-likeness (QED) is 0.520. The highest BCUT2D eigenvalue weighted by Gasteiger charge is 2.27. The van der Waals surface area contributed by atoms with Crippen molar-refractivity contribution in [2.45, 2.75) is 51.7 Å². The van der Waals surface area contributed by atoms with Gasteiger partial charge in [-0.15, -0.1) is 0 Å². The van der Waals surface area contributed by atoms with Gasteiger partial charge in [-0.25, -0.2) is 0 Å². The van der Waals surface area contributed by atoms with Gasteiger partial charge in [0.2, 0.25) is 0 Å². The summed E-state index contributed by atoms with van der Waals surface area (Å²) in [5.74, 6) is 0. The molecule has 1 fully saturated rings. The average molecular weight is 157 g/mol. The molecule has 2 nitrogen and oxygen atoms in total. The molecule has 0 aliphatic heterocycles. The molecule has 2 unspecified atom stereocenters. The van der Waals surface area contributed by atoms with Crippen LogP contribution in [0.25, 0.3) is 0 Å². The van der Waals surface area contributed by atoms with E-state index in [1.54, 1.807) is 0 Å². The van der Waals surface area contributed by atoms with E-state index in [1.807, 2.05) is 0 Å². The minimum atomic E-state index is -0.267. The number of hydrogen-bond acceptors (Lipinski definition) is 2. The van der Waals surface area contributed by atoms with Gasteiger partial charge < -0.3 is 10.8 Å². The maximum absolute atomic E-state index is 9.46. The number of rotatable bonds is 0. The predicted molar refractivity (Wildman–Crippen MR) is 46.2 cm³/mol. The van der Waals surface area contributed by atoms with E-state index in [1.165, 1.54) is 0 Å². The largest absolute Gasteiger partial charge is 0.392 e. The van der Waals surface area contributed by atoms with Crippen molar-refractivity contribution in [3.05, 3.63) is 0 Å². The van der Waals surface area contributed by atoms with E-state index in [0.29, 0.717) is 5.41 Å². The lowest BCUT2D eigenvalue weighted by molar-refractivity contribution is 0.134. The third kappa shape index (κ3) is 2.46. The molecule has 0 aromatic carbocycles. The molecule has 1 saturated carbocycles. The van der Waals surface area contributed by atoms with Gasteiger partial charge in [-0.2, -0.15) is 0 Å². The molecule has 0 amide bonds. The first-order valence-electron chi connectivity index (χ1n) is 4.45. The Kier molecular flexibility index (Phi) is 2.55. The van der Waals surface area contributed by atoms with Crippen molar-refractivity contribution in [1.82, 2.24) is 0 Å². The highest BCUT2D eigenvalue weighted by Crippen LogP contribution is 2.33. The Morgan fingerprint density at radius 3 is 2.45 bits per heavy atom. The molecular weight excluding hydrogens is 138 g/mol. The topological polar surface area (TPSA) is 46.2 Å². The van der Waals surface area contributed by atoms with Crippen LogP contribution in [0.15, 0.2) is 0 Å². The van der Waals surface area contributed by atoms with Crippen molar-refractivity contribution in [2.75, 3.05) is 0 Å². The summed E-state index contributed by atoms with van der Waals surface area (Å²) < 4.78 is 0. The standard InChI is InChI=1S/C9H19NO/c1-9(2)5-3-7(10)8(11)4-6-9/h7-8,11H,3-6,10H2,1-2H3. The van der Waals surface area contributed by atoms with Crippen LogP contribution in [0.5, 0.6) is 0 Å². The van der Waals surface area contributed by atoms with Crippen LogP contribution < -0.4 is 5.73 Å². The van der Waals surface area contributed by atoms with Gasteiger partial charge in [0.25, 0.3) is 0 Å². The molecule has 66 valence electrons. The van der Waals surface area contributed by atoms with Gasteiger partial charge in [-0.3, -0.25) is 0 Å². The van der Waals surface area contributed by atoms with Crippen LogP contribution >= 0.6 is 0 Å². The zero-order valence-electron chi connectivity index (χ0n) is 7.51. The molecule has 0 heterocycles. The zero-order chi connectivity index (χ0) is 8.48. The fourth-order valence-electron chi connectivity index (χ4n) is 1.63. The Bertz CT molecular complexity index is 120. The molecule has 3 N–H and O–H groups in total. The number of aliphatic hydroxyl groups excluding tert-OH is 1. The van der Waals surface area contributed by atoms with Crippen molar-refractivity contribution in [1.29, 1.82) is 0 Å². The second kappa shape index (κ2) is 3.11. The van der Waals surface area contributed by atoms with Gasteiger partial charge in [0, 0.05) is 6.04 Å². The van der Waals surface area contributed by atoms with Crippen LogP contribution in [0.2, 0.25) is 0 Å². The minimum absolute atomic E-state index is 0.0109. The van der Waals surface area contributed by atoms with E-state index in [9.17, 15) is 5.11 Å². The molecule has 0 aromatic rings. The summed E-state index contributed by atoms with van der Waals surface area (Å²) >= 11 is 0. The van der Waals surface area contributed by atoms with Crippen LogP contribution in [-0.4, -0.2) is 17.3 Å². The first-order valence-corrected chi connectivity index (χ1v) is 4.45. The summed E-state index contributed by atoms with van der Waals surface area (Å²) in [5, 5.41) is 9.46. The molecule has 0 bridgehead atoms. The summed E-state index contributed by atoms with van der Waals surface area (Å²) in [6.45, 7) is 4.50. The molecule has 1 rings (SSSR count). The highest BCUT2D eigenvalue weighted by molar-refractivity contribution is 4.82. The van der Waals surface area contributed by atoms with Gasteiger partial charge in [-0.1, -0.05) is 13.8 Å². The summed E-state index contributed by atoms with van der Waals surface area (Å²) in [6.07, 6.45) is 3.81. The summed E-state index contributed by atoms with van der Waals surface area (Å²) in [6, 6.07) is 0.0109. The van der Waals surface area contributed by atoms with Crippen LogP contribution in [0, 0.1) is 5.41 Å². The normalized spacial score (nSPS) is 38.2. The summed E-state index contributed by atoms with van der Waals surface area (Å²) in [7, 11) is 0. The molecule has 2 heteroatoms. The zero-order valence-corrected chi connectivity index (χ0v) is 7.51. The van der Waals surface area contributed by atoms with Crippen molar-refractivity contribution in [3.63, 3.8) is 0 Å². The van der Waals surface area contributed by atoms with E-state index >= 15 is 0 Å². The third-order valence-corrected chi connectivity index (χ3v) is 2.77. The van der Waals surface area contributed by atoms with Gasteiger partial charge in [0.15, 0.2) is 0 Å². The Hall–Kier alpha value is -0.0800. The monoisotopic (exact) mass is 157 g/mol. The lowest BCUT2D eigenvalue weighted by Crippen LogP contribution is -2.33. The second-order valence-corrected chi connectivity index (χ2v) is 4.47. The van der Waals surface area contributed by atoms with Crippen molar-refractivity contribution in [2.24, 2.45) is 11.1 Å². The lowest BCUT2D eigenvalue weighted by Gasteiger charge is -2.21. The maximum atomic E-state index is 9.46. The maximum Gasteiger partial charge on any atom is 0.0691 e. The summed E-state index contributed by atoms with van der Waals surface area (Å²) in [5.41, 5.74) is 6.13. The number of hydrogen-bond donors (Lipinski definition) is 2. The van der Waals surface area contributed by atoms with E-state index in [2.05, 4.69) is 13.8 Å². The fourth-order valence-corrected chi connectivity index (χ4v) is 1.63. The molecule has 0 spiro atoms. The molecule has 11 heavy (non-hydrogen) atoms. The molecule has 2 atom stereocenters. The van der Waals surface area contributed by atoms with Crippen molar-refractivity contribution in [3.8, 4) is 0 Å². The van der Waals surface area contributed by atoms with Gasteiger partial charge >= 0.3 is 0 Å². The summed E-state index contributed by atoms with van der Waals surface area (Å²) in [4.78, 5) is 0. The highest BCUT2D eigenvalue weighted by atomic mass is 16.3. The third-order valence-electron chi connectivity index (χ3n) is 2.77. The molecular formula is C9H19NO. The number of nitrogens with two attached hydrogens (primary N) is 1. The molecule has 1 aliphatic carbocycles. The van der Waals surface area contributed by atoms with E-state index in [0.717, 1.165) is 25.7 Å². The van der Waals surface area contributed by atoms with E-state index in [-0.39, 0.29) is 12.1 Å². The Morgan fingerprint density at radius 2 is 1.82 bits per heavy atom. The van der Waals surface area contributed by atoms with Crippen LogP contribution in [0.1, 0.15) is 39.5 Å². The average Bonchev–Trinajstić information content (AvgIpc) is 2.03. The van der Waals surface area contributed by atoms with Crippen LogP contribution in [-0.2, 0) is 0 Å². The lowest BCUT2D eigenvalue weighted by atomic mass is 9.85. The number of aliphatic hydroxyl groups is 1. The fraction of sp³-hybridized carbons (Fsp3) is 1.00. The molecule has 0 aromatic heterocycles. The van der Waals surface area contributed by atoms with Crippen molar-refractivity contribution >= 4 is 0 Å². The predicted octanol–water partition coefficient (Wildman–Crippen LogP) is 1.27. The minimum Gasteiger partial charge on any atom is -0.392 e. The van der Waals surface area contributed by atoms with Gasteiger partial charge in [-0.05, 0) is 31.1 Å². The Labute approximate surface area is 68.8 Å². The van der Waals surface area contributed by atoms with Crippen LogP contribution in [0.3, 0.4) is 0 Å². The Balaban J connectivity index is 2.51. The van der Waals surface area contributed by atoms with E-state index in [4.69, 9.17) is 5.73 Å². The first kappa shape index (κ1) is 9.01. The molecule has 1 aliphatic rings. The van der Waals surface area contributed by atoms with Gasteiger partial charge in [0.1, 0.15) is 0 Å². The van der Waals surface area contributed by atoms with E-state index < -0.39 is 0 Å². The van der Waals surface area contributed by atoms with Crippen molar-refractivity contribution < 1.29 is 5.11 Å². The molecule has 0 saturated heterocycles. The molecule has 0 radical (unpaired) electrons. The van der Waals surface area contributed by atoms with Gasteiger partial charge in [0.05, 0.1) is 6.10 Å².